The van der Waals surface area contributed by atoms with Gasteiger partial charge in [0.15, 0.2) is 0 Å². The lowest BCUT2D eigenvalue weighted by atomic mass is 10.1. The number of aromatic nitrogens is 1. The van der Waals surface area contributed by atoms with E-state index in [1.165, 1.54) is 4.42 Å². The molecule has 0 aliphatic carbocycles. The van der Waals surface area contributed by atoms with Crippen molar-refractivity contribution in [2.75, 3.05) is 16.7 Å². The molecule has 1 fully saturated rings. The molecule has 2 heterocycles. The summed E-state index contributed by atoms with van der Waals surface area (Å²) in [6.45, 7) is 2.63. The van der Waals surface area contributed by atoms with Crippen LogP contribution in [0.4, 0.5) is 11.5 Å². The second-order valence-electron chi connectivity index (χ2n) is 6.82. The van der Waals surface area contributed by atoms with Crippen LogP contribution in [0.15, 0.2) is 48.7 Å². The van der Waals surface area contributed by atoms with E-state index in [2.05, 4.69) is 10.3 Å². The number of rotatable bonds is 6. The molecule has 28 heavy (non-hydrogen) atoms. The number of hydrogen-bond donors (Lipinski definition) is 2. The van der Waals surface area contributed by atoms with Crippen LogP contribution in [0, 0.1) is 0 Å². The number of nitrogens with two attached hydrogens (primary N) is 1. The Morgan fingerprint density at radius 3 is 2.75 bits per heavy atom. The van der Waals surface area contributed by atoms with Crippen LogP contribution in [0.5, 0.6) is 0 Å². The Morgan fingerprint density at radius 1 is 1.32 bits per heavy atom. The smallest absolute Gasteiger partial charge is 0.247 e. The Kier molecular flexibility index (Phi) is 6.36. The maximum atomic E-state index is 13.0. The largest absolute Gasteiger partial charge is 0.384 e. The van der Waals surface area contributed by atoms with Gasteiger partial charge in [0.05, 0.1) is 5.69 Å². The molecule has 3 N–H and O–H groups in total. The standard InChI is InChI=1S/C20H24ClN5O2/c1-14(26(21)16-6-3-2-4-7-16)20(28)25-11-5-8-17(25)19(27)24-13-15-9-10-18(22)23-12-15/h2-4,6-7,9-10,12,14,17H,5,8,11,13H2,1H3,(H2,22,23)(H,24,27)/t14-,17-/m0/s1. The van der Waals surface area contributed by atoms with Crippen LogP contribution < -0.4 is 15.5 Å². The van der Waals surface area contributed by atoms with E-state index in [-0.39, 0.29) is 11.8 Å². The van der Waals surface area contributed by atoms with Gasteiger partial charge in [-0.05, 0) is 43.5 Å². The number of benzene rings is 1. The first-order chi connectivity index (χ1) is 13.5. The maximum Gasteiger partial charge on any atom is 0.247 e. The Morgan fingerprint density at radius 2 is 2.07 bits per heavy atom. The Bertz CT molecular complexity index is 815. The summed E-state index contributed by atoms with van der Waals surface area (Å²) in [5, 5.41) is 2.88. The third-order valence-corrected chi connectivity index (χ3v) is 5.34. The highest BCUT2D eigenvalue weighted by Gasteiger charge is 2.37. The van der Waals surface area contributed by atoms with E-state index in [1.54, 1.807) is 24.1 Å². The van der Waals surface area contributed by atoms with E-state index in [1.807, 2.05) is 36.4 Å². The average molecular weight is 402 g/mol. The van der Waals surface area contributed by atoms with Crippen LogP contribution in [0.25, 0.3) is 0 Å². The minimum atomic E-state index is -0.584. The van der Waals surface area contributed by atoms with Crippen molar-refractivity contribution in [3.05, 3.63) is 54.2 Å². The van der Waals surface area contributed by atoms with Gasteiger partial charge in [-0.1, -0.05) is 24.3 Å². The summed E-state index contributed by atoms with van der Waals surface area (Å²) < 4.78 is 1.41. The van der Waals surface area contributed by atoms with Crippen molar-refractivity contribution >= 4 is 35.1 Å². The predicted molar refractivity (Wildman–Crippen MR) is 109 cm³/mol. The number of carbonyl (C=O) groups excluding carboxylic acids is 2. The Hall–Kier alpha value is -2.80. The molecule has 3 rings (SSSR count). The zero-order chi connectivity index (χ0) is 20.1. The molecule has 0 radical (unpaired) electrons. The molecular weight excluding hydrogens is 378 g/mol. The monoisotopic (exact) mass is 401 g/mol. The fourth-order valence-electron chi connectivity index (χ4n) is 3.28. The molecule has 0 unspecified atom stereocenters. The lowest BCUT2D eigenvalue weighted by Crippen LogP contribution is -2.51. The molecule has 148 valence electrons. The van der Waals surface area contributed by atoms with E-state index in [0.717, 1.165) is 17.7 Å². The second kappa shape index (κ2) is 8.93. The number of carbonyl (C=O) groups is 2. The van der Waals surface area contributed by atoms with Gasteiger partial charge in [-0.3, -0.25) is 14.0 Å². The SMILES string of the molecule is C[C@@H](C(=O)N1CCC[C@H]1C(=O)NCc1ccc(N)nc1)N(Cl)c1ccccc1. The number of hydrogen-bond acceptors (Lipinski definition) is 5. The van der Waals surface area contributed by atoms with Gasteiger partial charge < -0.3 is 16.0 Å². The number of nitrogen functional groups attached to an aromatic ring is 1. The number of nitrogens with one attached hydrogen (secondary N) is 1. The van der Waals surface area contributed by atoms with Gasteiger partial charge in [-0.15, -0.1) is 0 Å². The van der Waals surface area contributed by atoms with E-state index < -0.39 is 12.1 Å². The van der Waals surface area contributed by atoms with Crippen LogP contribution in [-0.4, -0.2) is 40.3 Å². The summed E-state index contributed by atoms with van der Waals surface area (Å²) in [5.41, 5.74) is 7.16. The van der Waals surface area contributed by atoms with Gasteiger partial charge in [0.2, 0.25) is 11.8 Å². The zero-order valence-corrected chi connectivity index (χ0v) is 16.5. The van der Waals surface area contributed by atoms with Crippen LogP contribution in [0.3, 0.4) is 0 Å². The van der Waals surface area contributed by atoms with Crippen molar-refractivity contribution < 1.29 is 9.59 Å². The molecule has 1 aliphatic rings. The fraction of sp³-hybridized carbons (Fsp3) is 0.350. The van der Waals surface area contributed by atoms with Crippen LogP contribution in [-0.2, 0) is 16.1 Å². The minimum absolute atomic E-state index is 0.161. The molecule has 0 saturated carbocycles. The van der Waals surface area contributed by atoms with Crippen LogP contribution in [0.2, 0.25) is 0 Å². The van der Waals surface area contributed by atoms with Gasteiger partial charge in [-0.25, -0.2) is 4.98 Å². The number of amides is 2. The summed E-state index contributed by atoms with van der Waals surface area (Å²) in [4.78, 5) is 31.3. The Balaban J connectivity index is 1.61. The molecule has 0 spiro atoms. The number of para-hydroxylation sites is 1. The van der Waals surface area contributed by atoms with Gasteiger partial charge in [0, 0.05) is 31.1 Å². The normalized spacial score (nSPS) is 17.2. The summed E-state index contributed by atoms with van der Waals surface area (Å²) >= 11 is 6.38. The third kappa shape index (κ3) is 4.54. The molecule has 7 nitrogen and oxygen atoms in total. The molecule has 1 aliphatic heterocycles. The topological polar surface area (TPSA) is 91.6 Å². The summed E-state index contributed by atoms with van der Waals surface area (Å²) in [6, 6.07) is 11.7. The van der Waals surface area contributed by atoms with Gasteiger partial charge >= 0.3 is 0 Å². The molecule has 2 aromatic rings. The molecule has 2 amide bonds. The first-order valence-electron chi connectivity index (χ1n) is 9.26. The summed E-state index contributed by atoms with van der Waals surface area (Å²) in [7, 11) is 0. The molecule has 8 heteroatoms. The molecule has 1 saturated heterocycles. The summed E-state index contributed by atoms with van der Waals surface area (Å²) in [5.74, 6) is 0.0991. The van der Waals surface area contributed by atoms with E-state index in [9.17, 15) is 9.59 Å². The summed E-state index contributed by atoms with van der Waals surface area (Å²) in [6.07, 6.45) is 3.05. The van der Waals surface area contributed by atoms with Gasteiger partial charge in [0.1, 0.15) is 17.9 Å². The second-order valence-corrected chi connectivity index (χ2v) is 7.19. The quantitative estimate of drug-likeness (QED) is 0.725. The van der Waals surface area contributed by atoms with Crippen LogP contribution in [0.1, 0.15) is 25.3 Å². The zero-order valence-electron chi connectivity index (χ0n) is 15.7. The lowest BCUT2D eigenvalue weighted by molar-refractivity contribution is -0.139. The highest BCUT2D eigenvalue weighted by molar-refractivity contribution is 6.27. The number of likely N-dealkylation sites (tertiary alicyclic amines) is 1. The predicted octanol–water partition coefficient (Wildman–Crippen LogP) is 2.32. The molecule has 0 bridgehead atoms. The van der Waals surface area contributed by atoms with E-state index >= 15 is 0 Å². The van der Waals surface area contributed by atoms with Crippen molar-refractivity contribution in [3.63, 3.8) is 0 Å². The number of anilines is 2. The van der Waals surface area contributed by atoms with Crippen molar-refractivity contribution in [2.24, 2.45) is 0 Å². The van der Waals surface area contributed by atoms with Crippen LogP contribution >= 0.6 is 11.8 Å². The number of pyridine rings is 1. The van der Waals surface area contributed by atoms with E-state index in [0.29, 0.717) is 25.3 Å². The number of halogens is 1. The molecular formula is C20H24ClN5O2. The van der Waals surface area contributed by atoms with Crippen molar-refractivity contribution in [1.29, 1.82) is 0 Å². The van der Waals surface area contributed by atoms with Gasteiger partial charge in [0.25, 0.3) is 0 Å². The van der Waals surface area contributed by atoms with Crippen molar-refractivity contribution in [2.45, 2.75) is 38.4 Å². The highest BCUT2D eigenvalue weighted by Crippen LogP contribution is 2.24. The van der Waals surface area contributed by atoms with Gasteiger partial charge in [-0.2, -0.15) is 0 Å². The van der Waals surface area contributed by atoms with E-state index in [4.69, 9.17) is 17.5 Å². The Labute approximate surface area is 169 Å². The number of nitrogens with zero attached hydrogens (tertiary/aromatic N) is 3. The highest BCUT2D eigenvalue weighted by atomic mass is 35.5. The lowest BCUT2D eigenvalue weighted by Gasteiger charge is -2.30. The van der Waals surface area contributed by atoms with Crippen molar-refractivity contribution in [1.82, 2.24) is 15.2 Å². The molecule has 1 aromatic carbocycles. The minimum Gasteiger partial charge on any atom is -0.384 e. The molecule has 2 atom stereocenters. The first-order valence-corrected chi connectivity index (χ1v) is 9.60. The fourth-order valence-corrected chi connectivity index (χ4v) is 3.48. The maximum absolute atomic E-state index is 13.0. The first kappa shape index (κ1) is 19.9. The average Bonchev–Trinajstić information content (AvgIpc) is 3.22. The third-order valence-electron chi connectivity index (χ3n) is 4.85. The molecule has 1 aromatic heterocycles. The van der Waals surface area contributed by atoms with Crippen molar-refractivity contribution in [3.8, 4) is 0 Å².